The van der Waals surface area contributed by atoms with Gasteiger partial charge in [0, 0.05) is 12.5 Å². The lowest BCUT2D eigenvalue weighted by molar-refractivity contribution is 0.254. The zero-order chi connectivity index (χ0) is 13.7. The Kier molecular flexibility index (Phi) is 5.26. The fraction of sp³-hybridized carbons (Fsp3) is 0.647. The summed E-state index contributed by atoms with van der Waals surface area (Å²) in [7, 11) is 2.07. The summed E-state index contributed by atoms with van der Waals surface area (Å²) < 4.78 is 5.77. The van der Waals surface area contributed by atoms with Crippen molar-refractivity contribution in [3.63, 3.8) is 0 Å². The van der Waals surface area contributed by atoms with Crippen LogP contribution in [-0.2, 0) is 6.42 Å². The molecule has 2 atom stereocenters. The van der Waals surface area contributed by atoms with Gasteiger partial charge in [-0.05, 0) is 37.6 Å². The van der Waals surface area contributed by atoms with Gasteiger partial charge in [-0.1, -0.05) is 44.7 Å². The van der Waals surface area contributed by atoms with E-state index in [4.69, 9.17) is 4.74 Å². The Morgan fingerprint density at radius 1 is 1.32 bits per heavy atom. The van der Waals surface area contributed by atoms with Crippen molar-refractivity contribution >= 4 is 0 Å². The van der Waals surface area contributed by atoms with E-state index in [-0.39, 0.29) is 0 Å². The zero-order valence-corrected chi connectivity index (χ0v) is 12.5. The van der Waals surface area contributed by atoms with Crippen LogP contribution in [0.25, 0.3) is 0 Å². The normalized spacial score (nSPS) is 19.0. The standard InChI is InChI=1S/C17H27NO/c1-4-5-6-7-8-16(18-3)14-9-10-17-15(12-14)11-13(2)19-17/h9-10,12-13,16,18H,4-8,11H2,1-3H3. The Bertz CT molecular complexity index is 402. The van der Waals surface area contributed by atoms with Crippen LogP contribution in [0.1, 0.15) is 63.1 Å². The molecule has 2 rings (SSSR count). The molecule has 1 aromatic carbocycles. The summed E-state index contributed by atoms with van der Waals surface area (Å²) in [5, 5.41) is 3.46. The lowest BCUT2D eigenvalue weighted by atomic mass is 9.97. The number of ether oxygens (including phenoxy) is 1. The molecule has 0 spiro atoms. The first kappa shape index (κ1) is 14.4. The third-order valence-electron chi connectivity index (χ3n) is 4.02. The average molecular weight is 261 g/mol. The molecule has 2 heteroatoms. The average Bonchev–Trinajstić information content (AvgIpc) is 2.78. The predicted molar refractivity (Wildman–Crippen MR) is 80.8 cm³/mol. The number of nitrogens with one attached hydrogen (secondary N) is 1. The second-order valence-corrected chi connectivity index (χ2v) is 5.69. The van der Waals surface area contributed by atoms with Crippen LogP contribution in [0.3, 0.4) is 0 Å². The van der Waals surface area contributed by atoms with Gasteiger partial charge in [0.05, 0.1) is 0 Å². The van der Waals surface area contributed by atoms with Crippen LogP contribution in [0.5, 0.6) is 5.75 Å². The lowest BCUT2D eigenvalue weighted by Crippen LogP contribution is -2.16. The highest BCUT2D eigenvalue weighted by Gasteiger charge is 2.20. The zero-order valence-electron chi connectivity index (χ0n) is 12.5. The van der Waals surface area contributed by atoms with Crippen molar-refractivity contribution in [2.45, 2.75) is 64.5 Å². The quantitative estimate of drug-likeness (QED) is 0.741. The van der Waals surface area contributed by atoms with Crippen LogP contribution < -0.4 is 10.1 Å². The Balaban J connectivity index is 1.97. The second kappa shape index (κ2) is 6.95. The van der Waals surface area contributed by atoms with Crippen LogP contribution in [0.4, 0.5) is 0 Å². The number of unbranched alkanes of at least 4 members (excludes halogenated alkanes) is 3. The first-order valence-corrected chi connectivity index (χ1v) is 7.71. The Labute approximate surface area is 117 Å². The van der Waals surface area contributed by atoms with Gasteiger partial charge in [-0.15, -0.1) is 0 Å². The van der Waals surface area contributed by atoms with E-state index in [1.807, 2.05) is 0 Å². The minimum Gasteiger partial charge on any atom is -0.490 e. The number of hydrogen-bond acceptors (Lipinski definition) is 2. The molecule has 0 aromatic heterocycles. The fourth-order valence-corrected chi connectivity index (χ4v) is 2.91. The van der Waals surface area contributed by atoms with E-state index >= 15 is 0 Å². The maximum atomic E-state index is 5.77. The topological polar surface area (TPSA) is 21.3 Å². The second-order valence-electron chi connectivity index (χ2n) is 5.69. The van der Waals surface area contributed by atoms with Crippen LogP contribution in [0, 0.1) is 0 Å². The van der Waals surface area contributed by atoms with Gasteiger partial charge in [-0.25, -0.2) is 0 Å². The highest BCUT2D eigenvalue weighted by molar-refractivity contribution is 5.41. The number of benzene rings is 1. The minimum absolute atomic E-state index is 0.336. The molecule has 0 saturated heterocycles. The van der Waals surface area contributed by atoms with Gasteiger partial charge in [0.15, 0.2) is 0 Å². The van der Waals surface area contributed by atoms with Gasteiger partial charge >= 0.3 is 0 Å². The summed E-state index contributed by atoms with van der Waals surface area (Å²) in [6.07, 6.45) is 7.93. The summed E-state index contributed by atoms with van der Waals surface area (Å²) in [4.78, 5) is 0. The van der Waals surface area contributed by atoms with E-state index in [1.165, 1.54) is 43.2 Å². The van der Waals surface area contributed by atoms with Crippen molar-refractivity contribution in [2.24, 2.45) is 0 Å². The maximum absolute atomic E-state index is 5.77. The van der Waals surface area contributed by atoms with E-state index < -0.39 is 0 Å². The van der Waals surface area contributed by atoms with Crippen LogP contribution >= 0.6 is 0 Å². The van der Waals surface area contributed by atoms with Crippen molar-refractivity contribution in [3.05, 3.63) is 29.3 Å². The maximum Gasteiger partial charge on any atom is 0.123 e. The van der Waals surface area contributed by atoms with Crippen molar-refractivity contribution in [1.82, 2.24) is 5.32 Å². The van der Waals surface area contributed by atoms with Crippen molar-refractivity contribution in [2.75, 3.05) is 7.05 Å². The van der Waals surface area contributed by atoms with E-state index in [0.717, 1.165) is 12.2 Å². The Hall–Kier alpha value is -1.02. The summed E-state index contributed by atoms with van der Waals surface area (Å²) >= 11 is 0. The molecule has 0 aliphatic carbocycles. The van der Waals surface area contributed by atoms with Gasteiger partial charge in [0.25, 0.3) is 0 Å². The van der Waals surface area contributed by atoms with E-state index in [1.54, 1.807) is 0 Å². The first-order valence-electron chi connectivity index (χ1n) is 7.71. The third kappa shape index (κ3) is 3.73. The van der Waals surface area contributed by atoms with Crippen LogP contribution in [0.15, 0.2) is 18.2 Å². The molecule has 1 aliphatic rings. The van der Waals surface area contributed by atoms with Gasteiger partial charge in [-0.2, -0.15) is 0 Å². The monoisotopic (exact) mass is 261 g/mol. The Morgan fingerprint density at radius 2 is 2.16 bits per heavy atom. The fourth-order valence-electron chi connectivity index (χ4n) is 2.91. The highest BCUT2D eigenvalue weighted by Crippen LogP contribution is 2.32. The largest absolute Gasteiger partial charge is 0.490 e. The molecule has 19 heavy (non-hydrogen) atoms. The molecule has 0 amide bonds. The summed E-state index contributed by atoms with van der Waals surface area (Å²) in [5.41, 5.74) is 2.79. The van der Waals surface area contributed by atoms with E-state index in [0.29, 0.717) is 12.1 Å². The summed E-state index contributed by atoms with van der Waals surface area (Å²) in [6.45, 7) is 4.40. The molecule has 0 fully saturated rings. The van der Waals surface area contributed by atoms with Crippen molar-refractivity contribution in [1.29, 1.82) is 0 Å². The number of fused-ring (bicyclic) bond motifs is 1. The van der Waals surface area contributed by atoms with Crippen LogP contribution in [-0.4, -0.2) is 13.2 Å². The molecule has 106 valence electrons. The molecule has 1 aliphatic heterocycles. The van der Waals surface area contributed by atoms with Crippen molar-refractivity contribution in [3.8, 4) is 5.75 Å². The van der Waals surface area contributed by atoms with Gasteiger partial charge in [0.1, 0.15) is 11.9 Å². The molecule has 0 saturated carbocycles. The predicted octanol–water partition coefficient (Wildman–Crippen LogP) is 4.24. The summed E-state index contributed by atoms with van der Waals surface area (Å²) in [5.74, 6) is 1.08. The molecule has 2 unspecified atom stereocenters. The molecule has 0 radical (unpaired) electrons. The number of rotatable bonds is 7. The van der Waals surface area contributed by atoms with E-state index in [2.05, 4.69) is 44.4 Å². The van der Waals surface area contributed by atoms with Gasteiger partial charge in [-0.3, -0.25) is 0 Å². The molecular weight excluding hydrogens is 234 g/mol. The van der Waals surface area contributed by atoms with Crippen molar-refractivity contribution < 1.29 is 4.74 Å². The molecular formula is C17H27NO. The Morgan fingerprint density at radius 3 is 2.89 bits per heavy atom. The van der Waals surface area contributed by atoms with Crippen LogP contribution in [0.2, 0.25) is 0 Å². The third-order valence-corrected chi connectivity index (χ3v) is 4.02. The molecule has 1 N–H and O–H groups in total. The van der Waals surface area contributed by atoms with Gasteiger partial charge in [0.2, 0.25) is 0 Å². The minimum atomic E-state index is 0.336. The SMILES string of the molecule is CCCCCCC(NC)c1ccc2c(c1)CC(C)O2. The molecule has 0 bridgehead atoms. The molecule has 2 nitrogen and oxygen atoms in total. The smallest absolute Gasteiger partial charge is 0.123 e. The highest BCUT2D eigenvalue weighted by atomic mass is 16.5. The first-order chi connectivity index (χ1) is 9.24. The summed E-state index contributed by atoms with van der Waals surface area (Å²) in [6, 6.07) is 7.18. The van der Waals surface area contributed by atoms with E-state index in [9.17, 15) is 0 Å². The van der Waals surface area contributed by atoms with Gasteiger partial charge < -0.3 is 10.1 Å². The molecule has 1 aromatic rings. The number of hydrogen-bond donors (Lipinski definition) is 1. The lowest BCUT2D eigenvalue weighted by Gasteiger charge is -2.17. The molecule has 1 heterocycles.